The Hall–Kier alpha value is -1.43. The first kappa shape index (κ1) is 11.6. The molecule has 1 aromatic heterocycles. The maximum absolute atomic E-state index is 10.8. The van der Waals surface area contributed by atoms with E-state index in [1.165, 1.54) is 6.33 Å². The zero-order valence-electron chi connectivity index (χ0n) is 9.39. The van der Waals surface area contributed by atoms with Crippen molar-refractivity contribution in [3.63, 3.8) is 0 Å². The first-order chi connectivity index (χ1) is 6.99. The molecule has 0 saturated heterocycles. The molecule has 0 fully saturated rings. The molecular weight excluding hydrogens is 196 g/mol. The molecule has 84 valence electrons. The molecule has 0 aliphatic heterocycles. The van der Waals surface area contributed by atoms with Crippen molar-refractivity contribution in [1.82, 2.24) is 14.9 Å². The van der Waals surface area contributed by atoms with Gasteiger partial charge in [-0.15, -0.1) is 0 Å². The van der Waals surface area contributed by atoms with E-state index < -0.39 is 4.92 Å². The van der Waals surface area contributed by atoms with Crippen molar-refractivity contribution in [2.75, 3.05) is 7.05 Å². The maximum Gasteiger partial charge on any atom is 0.385 e. The van der Waals surface area contributed by atoms with Crippen LogP contribution in [-0.4, -0.2) is 27.6 Å². The van der Waals surface area contributed by atoms with E-state index in [9.17, 15) is 10.1 Å². The minimum Gasteiger partial charge on any atom is -0.358 e. The van der Waals surface area contributed by atoms with Gasteiger partial charge < -0.3 is 20.0 Å². The normalized spacial score (nSPS) is 14.9. The van der Waals surface area contributed by atoms with Gasteiger partial charge >= 0.3 is 5.82 Å². The third-order valence-corrected chi connectivity index (χ3v) is 2.77. The lowest BCUT2D eigenvalue weighted by Gasteiger charge is -2.18. The van der Waals surface area contributed by atoms with Crippen molar-refractivity contribution in [1.29, 1.82) is 0 Å². The van der Waals surface area contributed by atoms with Gasteiger partial charge in [0.05, 0.1) is 0 Å². The number of hydrogen-bond acceptors (Lipinski definition) is 4. The number of hydrogen-bond donors (Lipinski definition) is 1. The molecule has 1 heterocycles. The average molecular weight is 212 g/mol. The van der Waals surface area contributed by atoms with Crippen molar-refractivity contribution in [2.24, 2.45) is 7.05 Å². The smallest absolute Gasteiger partial charge is 0.358 e. The summed E-state index contributed by atoms with van der Waals surface area (Å²) in [5.74, 6) is -0.00463. The molecule has 0 amide bonds. The molecule has 6 nitrogen and oxygen atoms in total. The van der Waals surface area contributed by atoms with Crippen LogP contribution in [0.25, 0.3) is 0 Å². The summed E-state index contributed by atoms with van der Waals surface area (Å²) in [6.07, 6.45) is 1.48. The fourth-order valence-electron chi connectivity index (χ4n) is 1.58. The molecule has 15 heavy (non-hydrogen) atoms. The standard InChI is InChI=1S/C9H16N4O2/c1-6(7(2)10-3)8-9(13(14)15)11-5-12(8)4/h5-7,10H,1-4H3. The number of rotatable bonds is 4. The zero-order valence-corrected chi connectivity index (χ0v) is 9.39. The van der Waals surface area contributed by atoms with Crippen LogP contribution in [0.4, 0.5) is 5.82 Å². The highest BCUT2D eigenvalue weighted by atomic mass is 16.6. The lowest BCUT2D eigenvalue weighted by molar-refractivity contribution is -0.390. The molecule has 2 atom stereocenters. The van der Waals surface area contributed by atoms with E-state index >= 15 is 0 Å². The van der Waals surface area contributed by atoms with Crippen LogP contribution >= 0.6 is 0 Å². The Morgan fingerprint density at radius 2 is 2.20 bits per heavy atom. The first-order valence-electron chi connectivity index (χ1n) is 4.81. The van der Waals surface area contributed by atoms with Crippen molar-refractivity contribution >= 4 is 5.82 Å². The number of nitrogens with zero attached hydrogens (tertiary/aromatic N) is 3. The predicted octanol–water partition coefficient (Wildman–Crippen LogP) is 1.04. The Balaban J connectivity index is 3.11. The second kappa shape index (κ2) is 4.39. The quantitative estimate of drug-likeness (QED) is 0.597. The van der Waals surface area contributed by atoms with E-state index in [1.807, 2.05) is 20.9 Å². The van der Waals surface area contributed by atoms with Gasteiger partial charge in [0.25, 0.3) is 0 Å². The third kappa shape index (κ3) is 2.15. The number of nitrogens with one attached hydrogen (secondary N) is 1. The molecule has 1 rings (SSSR count). The average Bonchev–Trinajstić information content (AvgIpc) is 2.58. The highest BCUT2D eigenvalue weighted by Gasteiger charge is 2.27. The van der Waals surface area contributed by atoms with Crippen molar-refractivity contribution in [2.45, 2.75) is 25.8 Å². The van der Waals surface area contributed by atoms with Crippen LogP contribution in [0.5, 0.6) is 0 Å². The molecule has 0 aliphatic carbocycles. The number of imidazole rings is 1. The van der Waals surface area contributed by atoms with Gasteiger partial charge in [0, 0.05) is 19.0 Å². The topological polar surface area (TPSA) is 73.0 Å². The lowest BCUT2D eigenvalue weighted by atomic mass is 9.99. The summed E-state index contributed by atoms with van der Waals surface area (Å²) >= 11 is 0. The predicted molar refractivity (Wildman–Crippen MR) is 56.8 cm³/mol. The molecule has 0 bridgehead atoms. The number of aromatic nitrogens is 2. The van der Waals surface area contributed by atoms with Gasteiger partial charge in [0.2, 0.25) is 6.33 Å². The summed E-state index contributed by atoms with van der Waals surface area (Å²) in [4.78, 5) is 14.1. The number of aryl methyl sites for hydroxylation is 1. The molecule has 1 aromatic rings. The van der Waals surface area contributed by atoms with E-state index in [-0.39, 0.29) is 17.8 Å². The Morgan fingerprint density at radius 3 is 2.67 bits per heavy atom. The van der Waals surface area contributed by atoms with E-state index in [0.29, 0.717) is 5.69 Å². The van der Waals surface area contributed by atoms with Crippen LogP contribution in [0.1, 0.15) is 25.5 Å². The molecular formula is C9H16N4O2. The van der Waals surface area contributed by atoms with Gasteiger partial charge in [-0.3, -0.25) is 0 Å². The summed E-state index contributed by atoms with van der Waals surface area (Å²) in [7, 11) is 3.61. The molecule has 0 spiro atoms. The van der Waals surface area contributed by atoms with Crippen LogP contribution < -0.4 is 5.32 Å². The van der Waals surface area contributed by atoms with Crippen LogP contribution in [-0.2, 0) is 7.05 Å². The minimum absolute atomic E-state index is 0.0444. The Labute approximate surface area is 88.5 Å². The Bertz CT molecular complexity index is 361. The Morgan fingerprint density at radius 1 is 1.60 bits per heavy atom. The fraction of sp³-hybridized carbons (Fsp3) is 0.667. The summed E-state index contributed by atoms with van der Waals surface area (Å²) < 4.78 is 1.70. The van der Waals surface area contributed by atoms with Crippen molar-refractivity contribution in [3.8, 4) is 0 Å². The van der Waals surface area contributed by atoms with Gasteiger partial charge in [0.15, 0.2) is 0 Å². The number of nitro groups is 1. The van der Waals surface area contributed by atoms with Crippen LogP contribution in [0.15, 0.2) is 6.33 Å². The van der Waals surface area contributed by atoms with Crippen molar-refractivity contribution < 1.29 is 4.92 Å². The minimum atomic E-state index is -0.436. The van der Waals surface area contributed by atoms with E-state index in [0.717, 1.165) is 0 Å². The van der Waals surface area contributed by atoms with Crippen LogP contribution in [0, 0.1) is 10.1 Å². The van der Waals surface area contributed by atoms with Crippen LogP contribution in [0.3, 0.4) is 0 Å². The largest absolute Gasteiger partial charge is 0.385 e. The number of likely N-dealkylation sites (N-methyl/N-ethyl adjacent to an activating group) is 1. The molecule has 6 heteroatoms. The highest BCUT2D eigenvalue weighted by Crippen LogP contribution is 2.26. The molecule has 0 radical (unpaired) electrons. The van der Waals surface area contributed by atoms with E-state index in [4.69, 9.17) is 0 Å². The van der Waals surface area contributed by atoms with Gasteiger partial charge in [-0.2, -0.15) is 0 Å². The van der Waals surface area contributed by atoms with E-state index in [2.05, 4.69) is 10.3 Å². The second-order valence-electron chi connectivity index (χ2n) is 3.69. The van der Waals surface area contributed by atoms with E-state index in [1.54, 1.807) is 11.6 Å². The second-order valence-corrected chi connectivity index (χ2v) is 3.69. The SMILES string of the molecule is CNC(C)C(C)c1c([N+](=O)[O-])ncn1C. The van der Waals surface area contributed by atoms with Crippen molar-refractivity contribution in [3.05, 3.63) is 22.1 Å². The Kier molecular flexibility index (Phi) is 3.41. The summed E-state index contributed by atoms with van der Waals surface area (Å²) in [6, 6.07) is 0.166. The maximum atomic E-state index is 10.8. The fourth-order valence-corrected chi connectivity index (χ4v) is 1.58. The molecule has 0 aromatic carbocycles. The summed E-state index contributed by atoms with van der Waals surface area (Å²) in [6.45, 7) is 3.94. The van der Waals surface area contributed by atoms with Gasteiger partial charge in [-0.25, -0.2) is 0 Å². The molecule has 2 unspecified atom stereocenters. The van der Waals surface area contributed by atoms with Gasteiger partial charge in [-0.05, 0) is 23.9 Å². The van der Waals surface area contributed by atoms with Crippen LogP contribution in [0.2, 0.25) is 0 Å². The molecule has 1 N–H and O–H groups in total. The molecule has 0 saturated carbocycles. The monoisotopic (exact) mass is 212 g/mol. The first-order valence-corrected chi connectivity index (χ1v) is 4.81. The van der Waals surface area contributed by atoms with Gasteiger partial charge in [0.1, 0.15) is 5.69 Å². The molecule has 0 aliphatic rings. The highest BCUT2D eigenvalue weighted by molar-refractivity contribution is 5.31. The lowest BCUT2D eigenvalue weighted by Crippen LogP contribution is -2.28. The zero-order chi connectivity index (χ0) is 11.6. The third-order valence-electron chi connectivity index (χ3n) is 2.77. The summed E-state index contributed by atoms with van der Waals surface area (Å²) in [5, 5.41) is 13.8. The van der Waals surface area contributed by atoms with Gasteiger partial charge in [-0.1, -0.05) is 6.92 Å². The summed E-state index contributed by atoms with van der Waals surface area (Å²) in [5.41, 5.74) is 0.654.